The van der Waals surface area contributed by atoms with E-state index in [0.29, 0.717) is 34.6 Å². The van der Waals surface area contributed by atoms with Crippen LogP contribution in [-0.2, 0) is 9.53 Å². The Labute approximate surface area is 212 Å². The molecule has 0 radical (unpaired) electrons. The Bertz CT molecular complexity index is 1250. The number of hydrogen-bond donors (Lipinski definition) is 1. The van der Waals surface area contributed by atoms with Gasteiger partial charge in [0.05, 0.1) is 18.8 Å². The van der Waals surface area contributed by atoms with E-state index in [0.717, 1.165) is 5.75 Å². The number of nitrogens with zero attached hydrogens (tertiary/aromatic N) is 3. The second-order valence-corrected chi connectivity index (χ2v) is 8.62. The van der Waals surface area contributed by atoms with Crippen LogP contribution in [0.15, 0.2) is 64.2 Å². The highest BCUT2D eigenvalue weighted by Crippen LogP contribution is 2.36. The van der Waals surface area contributed by atoms with Gasteiger partial charge in [0.15, 0.2) is 5.84 Å². The first kappa shape index (κ1) is 25.7. The molecule has 0 saturated heterocycles. The maximum absolute atomic E-state index is 13.0. The fourth-order valence-electron chi connectivity index (χ4n) is 3.07. The number of aliphatic imine (C=N–C) groups is 1. The van der Waals surface area contributed by atoms with Gasteiger partial charge in [0.2, 0.25) is 10.2 Å². The molecule has 0 aromatic heterocycles. The number of nitrogens with one attached hydrogen (secondary N) is 1. The molecule has 0 aliphatic carbocycles. The molecule has 0 atom stereocenters. The van der Waals surface area contributed by atoms with Gasteiger partial charge in [-0.1, -0.05) is 29.8 Å². The Morgan fingerprint density at radius 3 is 2.50 bits per heavy atom. The van der Waals surface area contributed by atoms with Crippen molar-refractivity contribution in [2.24, 2.45) is 10.1 Å². The van der Waals surface area contributed by atoms with Crippen LogP contribution in [0.2, 0.25) is 5.02 Å². The third-order valence-electron chi connectivity index (χ3n) is 4.69. The molecule has 0 spiro atoms. The van der Waals surface area contributed by atoms with Crippen LogP contribution in [0.25, 0.3) is 6.08 Å². The van der Waals surface area contributed by atoms with E-state index < -0.39 is 23.0 Å². The normalized spacial score (nSPS) is 16.7. The molecule has 2 aliphatic heterocycles. The average molecular weight is 539 g/mol. The molecule has 0 saturated carbocycles. The first-order valence-corrected chi connectivity index (χ1v) is 11.7. The van der Waals surface area contributed by atoms with Gasteiger partial charge in [0, 0.05) is 10.6 Å². The van der Waals surface area contributed by atoms with Crippen molar-refractivity contribution in [3.8, 4) is 11.5 Å². The lowest BCUT2D eigenvalue weighted by molar-refractivity contribution is -0.114. The summed E-state index contributed by atoms with van der Waals surface area (Å²) in [5.74, 6) is -0.334. The Balaban J connectivity index is 1.38. The summed E-state index contributed by atoms with van der Waals surface area (Å²) < 4.78 is 55.8. The number of carbonyl (C=O) groups is 1. The standard InChI is InChI=1S/C23H18ClF3N4O4S/c24-15-6-7-18(35-11-9-33-8-10-34-16-4-2-1-3-5-16)14(12-15)13-17-19(28)31-22(29-20(17)32)36-21(30-31)23(25,26)27/h1-7,12-13,28H,8-11H2/b17-13+,28-19?. The number of hydrazone groups is 1. The van der Waals surface area contributed by atoms with Crippen molar-refractivity contribution in [3.05, 3.63) is 64.7 Å². The molecule has 2 aliphatic rings. The Morgan fingerprint density at radius 1 is 1.06 bits per heavy atom. The first-order valence-electron chi connectivity index (χ1n) is 10.5. The van der Waals surface area contributed by atoms with E-state index >= 15 is 0 Å². The summed E-state index contributed by atoms with van der Waals surface area (Å²) >= 11 is 6.27. The zero-order valence-electron chi connectivity index (χ0n) is 18.4. The highest BCUT2D eigenvalue weighted by molar-refractivity contribution is 8.27. The second-order valence-electron chi connectivity index (χ2n) is 7.23. The first-order chi connectivity index (χ1) is 17.2. The van der Waals surface area contributed by atoms with Gasteiger partial charge >= 0.3 is 6.18 Å². The predicted molar refractivity (Wildman–Crippen MR) is 131 cm³/mol. The smallest absolute Gasteiger partial charge is 0.441 e. The molecule has 1 N–H and O–H groups in total. The molecule has 0 fully saturated rings. The van der Waals surface area contributed by atoms with Crippen molar-refractivity contribution in [1.29, 1.82) is 5.41 Å². The minimum atomic E-state index is -4.72. The van der Waals surface area contributed by atoms with Gasteiger partial charge in [-0.25, -0.2) is 0 Å². The summed E-state index contributed by atoms with van der Waals surface area (Å²) in [6, 6.07) is 14.0. The number of hydrogen-bond acceptors (Lipinski definition) is 7. The number of fused-ring (bicyclic) bond motifs is 1. The molecule has 1 amide bonds. The molecular weight excluding hydrogens is 521 g/mol. The number of thioether (sulfide) groups is 1. The number of para-hydroxylation sites is 1. The SMILES string of the molecule is N=C1/C(=C\c2cc(Cl)ccc2OCCOCCOc2ccccc2)C(=O)N=C2SC(C(F)(F)F)=NN12. The van der Waals surface area contributed by atoms with E-state index in [-0.39, 0.29) is 35.7 Å². The molecule has 0 unspecified atom stereocenters. The third-order valence-corrected chi connectivity index (χ3v) is 5.88. The molecule has 2 aromatic rings. The van der Waals surface area contributed by atoms with Gasteiger partial charge in [-0.3, -0.25) is 10.2 Å². The number of ether oxygens (including phenoxy) is 3. The number of amides is 1. The minimum Gasteiger partial charge on any atom is -0.491 e. The van der Waals surface area contributed by atoms with Crippen LogP contribution in [0.3, 0.4) is 0 Å². The number of alkyl halides is 3. The van der Waals surface area contributed by atoms with E-state index in [1.807, 2.05) is 30.3 Å². The number of benzene rings is 2. The monoisotopic (exact) mass is 538 g/mol. The van der Waals surface area contributed by atoms with Gasteiger partial charge in [0.25, 0.3) is 5.91 Å². The Morgan fingerprint density at radius 2 is 1.78 bits per heavy atom. The molecule has 2 aromatic carbocycles. The van der Waals surface area contributed by atoms with Crippen LogP contribution >= 0.6 is 23.4 Å². The van der Waals surface area contributed by atoms with Gasteiger partial charge < -0.3 is 14.2 Å². The van der Waals surface area contributed by atoms with E-state index in [2.05, 4.69) is 10.1 Å². The molecule has 4 rings (SSSR count). The minimum absolute atomic E-state index is 0.166. The maximum atomic E-state index is 13.0. The summed E-state index contributed by atoms with van der Waals surface area (Å²) in [7, 11) is 0. The molecular formula is C23H18ClF3N4O4S. The Kier molecular flexibility index (Phi) is 7.97. The van der Waals surface area contributed by atoms with Crippen molar-refractivity contribution in [2.75, 3.05) is 26.4 Å². The highest BCUT2D eigenvalue weighted by Gasteiger charge is 2.46. The number of halogens is 4. The lowest BCUT2D eigenvalue weighted by atomic mass is 10.1. The van der Waals surface area contributed by atoms with E-state index in [4.69, 9.17) is 31.2 Å². The Hall–Kier alpha value is -3.35. The molecule has 36 heavy (non-hydrogen) atoms. The van der Waals surface area contributed by atoms with Crippen molar-refractivity contribution >= 4 is 51.4 Å². The summed E-state index contributed by atoms with van der Waals surface area (Å²) in [6.07, 6.45) is -3.44. The van der Waals surface area contributed by atoms with E-state index in [1.165, 1.54) is 12.1 Å². The summed E-state index contributed by atoms with van der Waals surface area (Å²) in [4.78, 5) is 16.1. The van der Waals surface area contributed by atoms with Crippen LogP contribution < -0.4 is 9.47 Å². The zero-order valence-corrected chi connectivity index (χ0v) is 20.0. The van der Waals surface area contributed by atoms with Crippen LogP contribution in [-0.4, -0.2) is 59.6 Å². The lowest BCUT2D eigenvalue weighted by Crippen LogP contribution is -2.35. The van der Waals surface area contributed by atoms with Crippen LogP contribution in [0.5, 0.6) is 11.5 Å². The topological polar surface area (TPSA) is 96.6 Å². The maximum Gasteiger partial charge on any atom is 0.441 e. The molecule has 8 nitrogen and oxygen atoms in total. The van der Waals surface area contributed by atoms with Crippen molar-refractivity contribution in [2.45, 2.75) is 6.18 Å². The van der Waals surface area contributed by atoms with Gasteiger partial charge in [0.1, 0.15) is 24.7 Å². The predicted octanol–water partition coefficient (Wildman–Crippen LogP) is 5.00. The second kappa shape index (κ2) is 11.1. The fourth-order valence-corrected chi connectivity index (χ4v) is 4.01. The molecule has 13 heteroatoms. The van der Waals surface area contributed by atoms with Crippen LogP contribution in [0.1, 0.15) is 5.56 Å². The van der Waals surface area contributed by atoms with Crippen LogP contribution in [0, 0.1) is 5.41 Å². The summed E-state index contributed by atoms with van der Waals surface area (Å²) in [5, 5.41) is 11.1. The summed E-state index contributed by atoms with van der Waals surface area (Å²) in [6.45, 7) is 1.12. The average Bonchev–Trinajstić information content (AvgIpc) is 3.28. The zero-order chi connectivity index (χ0) is 25.7. The molecule has 0 bridgehead atoms. The largest absolute Gasteiger partial charge is 0.491 e. The summed E-state index contributed by atoms with van der Waals surface area (Å²) in [5.41, 5.74) is 0.0847. The van der Waals surface area contributed by atoms with E-state index in [9.17, 15) is 18.0 Å². The number of rotatable bonds is 9. The van der Waals surface area contributed by atoms with E-state index in [1.54, 1.807) is 12.1 Å². The van der Waals surface area contributed by atoms with Crippen molar-refractivity contribution in [1.82, 2.24) is 5.01 Å². The van der Waals surface area contributed by atoms with Crippen molar-refractivity contribution in [3.63, 3.8) is 0 Å². The number of amidine groups is 2. The van der Waals surface area contributed by atoms with Gasteiger partial charge in [-0.15, -0.1) is 0 Å². The van der Waals surface area contributed by atoms with Gasteiger partial charge in [-0.2, -0.15) is 28.3 Å². The molecule has 2 heterocycles. The van der Waals surface area contributed by atoms with Gasteiger partial charge in [-0.05, 0) is 48.2 Å². The quantitative estimate of drug-likeness (QED) is 0.357. The van der Waals surface area contributed by atoms with Crippen molar-refractivity contribution < 1.29 is 32.2 Å². The fraction of sp³-hybridized carbons (Fsp3) is 0.217. The third kappa shape index (κ3) is 6.25. The number of carbonyl (C=O) groups excluding carboxylic acids is 1. The highest BCUT2D eigenvalue weighted by atomic mass is 35.5. The van der Waals surface area contributed by atoms with Crippen LogP contribution in [0.4, 0.5) is 13.2 Å². The lowest BCUT2D eigenvalue weighted by Gasteiger charge is -2.20. The molecule has 188 valence electrons.